The normalized spacial score (nSPS) is 10.4. The largest absolute Gasteiger partial charge is 0.339 e. The minimum Gasteiger partial charge on any atom is -0.339 e. The molecule has 0 fully saturated rings. The van der Waals surface area contributed by atoms with Crippen LogP contribution in [0.2, 0.25) is 0 Å². The number of aromatic nitrogens is 2. The van der Waals surface area contributed by atoms with Gasteiger partial charge in [0.15, 0.2) is 5.82 Å². The molecule has 0 amide bonds. The fraction of sp³-hybridized carbons (Fsp3) is 0.273. The highest BCUT2D eigenvalue weighted by molar-refractivity contribution is 5.32. The molecule has 0 aliphatic carbocycles. The summed E-state index contributed by atoms with van der Waals surface area (Å²) >= 11 is 0. The number of rotatable bonds is 4. The molecule has 1 heterocycles. The zero-order chi connectivity index (χ0) is 12.3. The van der Waals surface area contributed by atoms with E-state index < -0.39 is 4.92 Å². The molecule has 0 spiro atoms. The minimum absolute atomic E-state index is 0.0994. The zero-order valence-corrected chi connectivity index (χ0v) is 9.29. The summed E-state index contributed by atoms with van der Waals surface area (Å²) in [5.41, 5.74) is 1.11. The van der Waals surface area contributed by atoms with Gasteiger partial charge in [-0.15, -0.1) is 0 Å². The van der Waals surface area contributed by atoms with Gasteiger partial charge in [0.1, 0.15) is 0 Å². The van der Waals surface area contributed by atoms with Crippen LogP contribution in [0.4, 0.5) is 5.69 Å². The minimum atomic E-state index is -0.412. The molecule has 6 nitrogen and oxygen atoms in total. The van der Waals surface area contributed by atoms with Gasteiger partial charge >= 0.3 is 0 Å². The maximum atomic E-state index is 10.5. The third-order valence-electron chi connectivity index (χ3n) is 2.34. The monoisotopic (exact) mass is 233 g/mol. The molecule has 1 aromatic carbocycles. The lowest BCUT2D eigenvalue weighted by atomic mass is 10.1. The van der Waals surface area contributed by atoms with Gasteiger partial charge in [-0.05, 0) is 18.9 Å². The number of non-ortho nitro benzene ring substituents is 1. The van der Waals surface area contributed by atoms with E-state index >= 15 is 0 Å². The van der Waals surface area contributed by atoms with Crippen LogP contribution in [0.25, 0.3) is 0 Å². The Labute approximate surface area is 97.4 Å². The highest BCUT2D eigenvalue weighted by atomic mass is 16.6. The molecule has 0 saturated carbocycles. The van der Waals surface area contributed by atoms with Crippen molar-refractivity contribution >= 4 is 5.69 Å². The molecule has 2 rings (SSSR count). The number of hydrogen-bond acceptors (Lipinski definition) is 5. The second-order valence-corrected chi connectivity index (χ2v) is 3.66. The van der Waals surface area contributed by atoms with Crippen LogP contribution >= 0.6 is 0 Å². The van der Waals surface area contributed by atoms with Crippen molar-refractivity contribution in [3.05, 3.63) is 51.7 Å². The first kappa shape index (κ1) is 11.3. The van der Waals surface area contributed by atoms with Crippen molar-refractivity contribution in [3.63, 3.8) is 0 Å². The van der Waals surface area contributed by atoms with Gasteiger partial charge in [-0.1, -0.05) is 17.3 Å². The van der Waals surface area contributed by atoms with Gasteiger partial charge < -0.3 is 4.52 Å². The first-order chi connectivity index (χ1) is 8.15. The molecule has 0 radical (unpaired) electrons. The Kier molecular flexibility index (Phi) is 3.13. The number of nitrogens with zero attached hydrogens (tertiary/aromatic N) is 3. The van der Waals surface area contributed by atoms with Crippen LogP contribution in [0.3, 0.4) is 0 Å². The van der Waals surface area contributed by atoms with Crippen molar-refractivity contribution in [1.82, 2.24) is 10.1 Å². The second kappa shape index (κ2) is 4.73. The van der Waals surface area contributed by atoms with E-state index in [4.69, 9.17) is 4.52 Å². The first-order valence-corrected chi connectivity index (χ1v) is 5.17. The van der Waals surface area contributed by atoms with Crippen LogP contribution in [-0.2, 0) is 12.8 Å². The van der Waals surface area contributed by atoms with E-state index in [1.807, 2.05) is 0 Å². The number of aryl methyl sites for hydroxylation is 3. The summed E-state index contributed by atoms with van der Waals surface area (Å²) in [6.07, 6.45) is 1.36. The molecule has 0 aliphatic rings. The van der Waals surface area contributed by atoms with Crippen molar-refractivity contribution in [1.29, 1.82) is 0 Å². The van der Waals surface area contributed by atoms with Crippen LogP contribution in [-0.4, -0.2) is 15.1 Å². The lowest BCUT2D eigenvalue weighted by Gasteiger charge is -1.97. The van der Waals surface area contributed by atoms with Gasteiger partial charge in [-0.2, -0.15) is 4.98 Å². The Hall–Kier alpha value is -2.24. The summed E-state index contributed by atoms with van der Waals surface area (Å²) in [6, 6.07) is 6.46. The van der Waals surface area contributed by atoms with E-state index in [0.29, 0.717) is 18.1 Å². The molecule has 1 aromatic heterocycles. The van der Waals surface area contributed by atoms with Gasteiger partial charge in [0.05, 0.1) is 4.92 Å². The average molecular weight is 233 g/mol. The smallest absolute Gasteiger partial charge is 0.269 e. The lowest BCUT2D eigenvalue weighted by molar-refractivity contribution is -0.384. The van der Waals surface area contributed by atoms with Crippen molar-refractivity contribution in [2.24, 2.45) is 0 Å². The Morgan fingerprint density at radius 1 is 1.29 bits per heavy atom. The molecule has 0 aliphatic heterocycles. The Bertz CT molecular complexity index is 519. The number of hydrogen-bond donors (Lipinski definition) is 0. The molecule has 88 valence electrons. The quantitative estimate of drug-likeness (QED) is 0.596. The molecule has 2 aromatic rings. The number of nitro benzene ring substituents is 1. The van der Waals surface area contributed by atoms with Crippen LogP contribution in [0, 0.1) is 17.0 Å². The van der Waals surface area contributed by atoms with Gasteiger partial charge in [0.2, 0.25) is 5.89 Å². The van der Waals surface area contributed by atoms with E-state index in [-0.39, 0.29) is 5.69 Å². The number of benzene rings is 1. The SMILES string of the molecule is Cc1noc(CCc2ccc([N+](=O)[O-])cc2)n1. The van der Waals surface area contributed by atoms with Crippen molar-refractivity contribution in [2.45, 2.75) is 19.8 Å². The second-order valence-electron chi connectivity index (χ2n) is 3.66. The molecular formula is C11H11N3O3. The Morgan fingerprint density at radius 2 is 2.00 bits per heavy atom. The fourth-order valence-corrected chi connectivity index (χ4v) is 1.48. The molecule has 0 bridgehead atoms. The molecule has 6 heteroatoms. The molecular weight excluding hydrogens is 222 g/mol. The molecule has 0 unspecified atom stereocenters. The van der Waals surface area contributed by atoms with E-state index in [1.54, 1.807) is 19.1 Å². The summed E-state index contributed by atoms with van der Waals surface area (Å²) in [4.78, 5) is 14.1. The van der Waals surface area contributed by atoms with Gasteiger partial charge in [0, 0.05) is 18.6 Å². The van der Waals surface area contributed by atoms with Gasteiger partial charge in [-0.25, -0.2) is 0 Å². The van der Waals surface area contributed by atoms with E-state index in [9.17, 15) is 10.1 Å². The zero-order valence-electron chi connectivity index (χ0n) is 9.29. The van der Waals surface area contributed by atoms with Crippen LogP contribution in [0.5, 0.6) is 0 Å². The predicted octanol–water partition coefficient (Wildman–Crippen LogP) is 2.07. The van der Waals surface area contributed by atoms with Gasteiger partial charge in [0.25, 0.3) is 5.69 Å². The Morgan fingerprint density at radius 3 is 2.53 bits per heavy atom. The molecule has 17 heavy (non-hydrogen) atoms. The topological polar surface area (TPSA) is 82.1 Å². The summed E-state index contributed by atoms with van der Waals surface area (Å²) in [6.45, 7) is 1.76. The predicted molar refractivity (Wildman–Crippen MR) is 59.5 cm³/mol. The van der Waals surface area contributed by atoms with Crippen molar-refractivity contribution in [2.75, 3.05) is 0 Å². The Balaban J connectivity index is 1.97. The highest BCUT2D eigenvalue weighted by Crippen LogP contribution is 2.13. The summed E-state index contributed by atoms with van der Waals surface area (Å²) < 4.78 is 4.98. The maximum Gasteiger partial charge on any atom is 0.269 e. The first-order valence-electron chi connectivity index (χ1n) is 5.17. The molecule has 0 saturated heterocycles. The van der Waals surface area contributed by atoms with Crippen molar-refractivity contribution in [3.8, 4) is 0 Å². The van der Waals surface area contributed by atoms with Crippen LogP contribution in [0.15, 0.2) is 28.8 Å². The summed E-state index contributed by atoms with van der Waals surface area (Å²) in [5.74, 6) is 1.20. The standard InChI is InChI=1S/C11H11N3O3/c1-8-12-11(17-13-8)7-4-9-2-5-10(6-3-9)14(15)16/h2-3,5-6H,4,7H2,1H3. The molecule has 0 atom stereocenters. The maximum absolute atomic E-state index is 10.5. The summed E-state index contributed by atoms with van der Waals surface area (Å²) in [7, 11) is 0. The lowest BCUT2D eigenvalue weighted by Crippen LogP contribution is -1.93. The van der Waals surface area contributed by atoms with Crippen LogP contribution in [0.1, 0.15) is 17.3 Å². The van der Waals surface area contributed by atoms with E-state index in [0.717, 1.165) is 12.0 Å². The van der Waals surface area contributed by atoms with Crippen molar-refractivity contribution < 1.29 is 9.45 Å². The van der Waals surface area contributed by atoms with E-state index in [1.165, 1.54) is 12.1 Å². The molecule has 0 N–H and O–H groups in total. The van der Waals surface area contributed by atoms with Crippen LogP contribution < -0.4 is 0 Å². The average Bonchev–Trinajstić information content (AvgIpc) is 2.73. The summed E-state index contributed by atoms with van der Waals surface area (Å²) in [5, 5.41) is 14.2. The highest BCUT2D eigenvalue weighted by Gasteiger charge is 2.06. The van der Waals surface area contributed by atoms with E-state index in [2.05, 4.69) is 10.1 Å². The third-order valence-corrected chi connectivity index (χ3v) is 2.34. The number of nitro groups is 1. The fourth-order valence-electron chi connectivity index (χ4n) is 1.48. The van der Waals surface area contributed by atoms with Gasteiger partial charge in [-0.3, -0.25) is 10.1 Å². The third kappa shape index (κ3) is 2.87.